The molecule has 12 nitrogen and oxygen atoms in total. The van der Waals surface area contributed by atoms with Crippen LogP contribution < -0.4 is 10.6 Å². The number of likely N-dealkylation sites (tertiary alicyclic amines) is 1. The van der Waals surface area contributed by atoms with Gasteiger partial charge >= 0.3 is 12.1 Å². The average molecular weight is 730 g/mol. The van der Waals surface area contributed by atoms with Gasteiger partial charge in [-0.1, -0.05) is 0 Å². The van der Waals surface area contributed by atoms with Crippen LogP contribution in [0.3, 0.4) is 0 Å². The van der Waals surface area contributed by atoms with Crippen molar-refractivity contribution in [2.24, 2.45) is 23.7 Å². The summed E-state index contributed by atoms with van der Waals surface area (Å²) in [5.74, 6) is -0.885. The first kappa shape index (κ1) is 39.5. The van der Waals surface area contributed by atoms with E-state index in [1.165, 1.54) is 0 Å². The van der Waals surface area contributed by atoms with Crippen LogP contribution in [-0.2, 0) is 28.5 Å². The van der Waals surface area contributed by atoms with E-state index in [9.17, 15) is 23.6 Å². The van der Waals surface area contributed by atoms with Crippen LogP contribution >= 0.6 is 0 Å². The van der Waals surface area contributed by atoms with Gasteiger partial charge in [-0.2, -0.15) is 0 Å². The smallest absolute Gasteiger partial charge is 0.407 e. The maximum absolute atomic E-state index is 14.3. The van der Waals surface area contributed by atoms with Crippen LogP contribution in [0, 0.1) is 23.7 Å². The molecule has 52 heavy (non-hydrogen) atoms. The molecule has 3 aliphatic rings. The summed E-state index contributed by atoms with van der Waals surface area (Å²) < 4.78 is 41.0. The van der Waals surface area contributed by atoms with E-state index in [0.29, 0.717) is 61.9 Å². The number of fused-ring (bicyclic) bond motifs is 1. The van der Waals surface area contributed by atoms with Crippen molar-refractivity contribution < 1.29 is 46.9 Å². The summed E-state index contributed by atoms with van der Waals surface area (Å²) in [6, 6.07) is 5.46. The molecule has 5 rings (SSSR count). The van der Waals surface area contributed by atoms with Crippen molar-refractivity contribution in [1.29, 1.82) is 0 Å². The normalized spacial score (nSPS) is 25.8. The summed E-state index contributed by atoms with van der Waals surface area (Å²) in [7, 11) is 3.32. The third-order valence-corrected chi connectivity index (χ3v) is 10.9. The Balaban J connectivity index is 1.27. The minimum Gasteiger partial charge on any atom is -0.460 e. The summed E-state index contributed by atoms with van der Waals surface area (Å²) in [6.07, 6.45) is 6.87. The monoisotopic (exact) mass is 729 g/mol. The van der Waals surface area contributed by atoms with Crippen LogP contribution in [-0.4, -0.2) is 93.2 Å². The molecule has 0 spiro atoms. The Labute approximate surface area is 305 Å². The summed E-state index contributed by atoms with van der Waals surface area (Å²) in [5, 5.41) is 6.41. The van der Waals surface area contributed by atoms with E-state index in [1.807, 2.05) is 0 Å². The van der Waals surface area contributed by atoms with E-state index in [4.69, 9.17) is 23.4 Å². The number of furan rings is 1. The van der Waals surface area contributed by atoms with Gasteiger partial charge in [0.05, 0.1) is 18.8 Å². The molecular formula is C39H56FN3O9. The number of hydrogen-bond donors (Lipinski definition) is 2. The second kappa shape index (κ2) is 17.9. The van der Waals surface area contributed by atoms with Crippen molar-refractivity contribution >= 4 is 40.5 Å². The maximum atomic E-state index is 14.3. The van der Waals surface area contributed by atoms with Gasteiger partial charge in [-0.3, -0.25) is 9.59 Å². The summed E-state index contributed by atoms with van der Waals surface area (Å²) >= 11 is 0. The Morgan fingerprint density at radius 2 is 1.69 bits per heavy atom. The quantitative estimate of drug-likeness (QED) is 0.171. The molecule has 0 bridgehead atoms. The molecule has 1 aromatic heterocycles. The highest BCUT2D eigenvalue weighted by Crippen LogP contribution is 2.42. The van der Waals surface area contributed by atoms with E-state index in [1.54, 1.807) is 64.2 Å². The fourth-order valence-electron chi connectivity index (χ4n) is 8.27. The first-order chi connectivity index (χ1) is 24.9. The van der Waals surface area contributed by atoms with Crippen LogP contribution in [0.4, 0.5) is 14.9 Å². The Hall–Kier alpha value is -3.71. The van der Waals surface area contributed by atoms with Gasteiger partial charge in [0.25, 0.3) is 0 Å². The Morgan fingerprint density at radius 1 is 0.962 bits per heavy atom. The number of ether oxygens (including phenoxy) is 4. The van der Waals surface area contributed by atoms with Crippen LogP contribution in [0.25, 0.3) is 11.0 Å². The molecular weight excluding hydrogens is 673 g/mol. The number of carbonyl (C=O) groups excluding carboxylic acids is 4. The molecule has 3 atom stereocenters. The third-order valence-electron chi connectivity index (χ3n) is 10.9. The summed E-state index contributed by atoms with van der Waals surface area (Å²) in [6.45, 7) is 5.75. The summed E-state index contributed by atoms with van der Waals surface area (Å²) in [4.78, 5) is 55.1. The number of rotatable bonds is 13. The molecule has 1 aliphatic heterocycles. The van der Waals surface area contributed by atoms with Crippen molar-refractivity contribution in [2.45, 2.75) is 109 Å². The first-order valence-corrected chi connectivity index (χ1v) is 18.8. The topological polar surface area (TPSA) is 146 Å². The molecule has 1 aromatic carbocycles. The molecule has 2 aromatic rings. The standard InChI is InChI=1S/C39H56FN3O9/c1-39(2,3)52-38(47)42-31(23-40)25-7-9-26(10-8-25)36(45)43-18-17-30(24-11-14-29(49-5)15-12-24)34(43)35(44)41-28-13-16-32-27(21-28)22-33(51-32)37(46)50-20-6-19-48-4/h13,16,21-22,24-26,29-31,34H,6-12,14-15,17-20,23H2,1-5H3,(H,41,44)(H,42,47)/t24?,25?,26?,29?,30-,31+,34+/m0/s1. The van der Waals surface area contributed by atoms with Crippen molar-refractivity contribution in [3.63, 3.8) is 0 Å². The molecule has 3 fully saturated rings. The molecule has 2 saturated carbocycles. The molecule has 3 amide bonds. The molecule has 0 unspecified atom stereocenters. The number of alkyl halides is 1. The number of nitrogens with zero attached hydrogens (tertiary/aromatic N) is 1. The highest BCUT2D eigenvalue weighted by atomic mass is 19.1. The number of hydrogen-bond acceptors (Lipinski definition) is 9. The molecule has 288 valence electrons. The Bertz CT molecular complexity index is 1520. The molecule has 2 aliphatic carbocycles. The number of halogens is 1. The first-order valence-electron chi connectivity index (χ1n) is 18.8. The number of benzene rings is 1. The Kier molecular flexibility index (Phi) is 13.6. The fourth-order valence-corrected chi connectivity index (χ4v) is 8.27. The highest BCUT2D eigenvalue weighted by Gasteiger charge is 2.47. The van der Waals surface area contributed by atoms with E-state index in [-0.39, 0.29) is 54.0 Å². The van der Waals surface area contributed by atoms with Gasteiger partial charge in [-0.25, -0.2) is 14.0 Å². The van der Waals surface area contributed by atoms with Gasteiger partial charge in [0.2, 0.25) is 17.6 Å². The van der Waals surface area contributed by atoms with Crippen LogP contribution in [0.1, 0.15) is 95.5 Å². The number of anilines is 1. The van der Waals surface area contributed by atoms with Crippen LogP contribution in [0.2, 0.25) is 0 Å². The lowest BCUT2D eigenvalue weighted by atomic mass is 9.75. The van der Waals surface area contributed by atoms with Gasteiger partial charge < -0.3 is 38.9 Å². The number of alkyl carbamates (subject to hydrolysis) is 1. The van der Waals surface area contributed by atoms with Crippen molar-refractivity contribution in [2.75, 3.05) is 46.0 Å². The van der Waals surface area contributed by atoms with E-state index < -0.39 is 36.4 Å². The minimum absolute atomic E-state index is 0.00387. The van der Waals surface area contributed by atoms with Crippen molar-refractivity contribution in [3.8, 4) is 0 Å². The zero-order valence-electron chi connectivity index (χ0n) is 31.2. The number of esters is 1. The SMILES string of the molecule is COCCCOC(=O)c1cc2cc(NC(=O)[C@H]3[C@H](C4CCC(OC)CC4)CCN3C(=O)C3CCC([C@@H](CF)NC(=O)OC(C)(C)C)CC3)ccc2o1. The molecule has 13 heteroatoms. The van der Waals surface area contributed by atoms with Crippen molar-refractivity contribution in [3.05, 3.63) is 30.0 Å². The number of methoxy groups -OCH3 is 2. The van der Waals surface area contributed by atoms with Crippen molar-refractivity contribution in [1.82, 2.24) is 10.2 Å². The molecule has 2 heterocycles. The Morgan fingerprint density at radius 3 is 2.35 bits per heavy atom. The van der Waals surface area contributed by atoms with Crippen LogP contribution in [0.5, 0.6) is 0 Å². The zero-order valence-corrected chi connectivity index (χ0v) is 31.2. The van der Waals surface area contributed by atoms with Gasteiger partial charge in [0, 0.05) is 50.8 Å². The second-order valence-corrected chi connectivity index (χ2v) is 15.6. The maximum Gasteiger partial charge on any atom is 0.407 e. The van der Waals surface area contributed by atoms with E-state index in [2.05, 4.69) is 10.6 Å². The van der Waals surface area contributed by atoms with E-state index >= 15 is 0 Å². The zero-order chi connectivity index (χ0) is 37.4. The lowest BCUT2D eigenvalue weighted by molar-refractivity contribution is -0.142. The molecule has 2 N–H and O–H groups in total. The lowest BCUT2D eigenvalue weighted by Crippen LogP contribution is -2.50. The third kappa shape index (κ3) is 10.0. The number of nitrogens with one attached hydrogen (secondary N) is 2. The highest BCUT2D eigenvalue weighted by molar-refractivity contribution is 6.00. The predicted molar refractivity (Wildman–Crippen MR) is 193 cm³/mol. The summed E-state index contributed by atoms with van der Waals surface area (Å²) in [5.41, 5.74) is 0.332. The second-order valence-electron chi connectivity index (χ2n) is 15.6. The van der Waals surface area contributed by atoms with E-state index in [0.717, 1.165) is 32.1 Å². The molecule has 1 saturated heterocycles. The van der Waals surface area contributed by atoms with Gasteiger partial charge in [0.1, 0.15) is 23.9 Å². The minimum atomic E-state index is -0.714. The van der Waals surface area contributed by atoms with Crippen LogP contribution in [0.15, 0.2) is 28.7 Å². The predicted octanol–water partition coefficient (Wildman–Crippen LogP) is 6.66. The van der Waals surface area contributed by atoms with Gasteiger partial charge in [-0.15, -0.1) is 0 Å². The van der Waals surface area contributed by atoms with Gasteiger partial charge in [-0.05, 0) is 121 Å². The fraction of sp³-hybridized carbons (Fsp3) is 0.692. The molecule has 0 radical (unpaired) electrons. The average Bonchev–Trinajstić information content (AvgIpc) is 3.77. The number of carbonyl (C=O) groups is 4. The number of amides is 3. The largest absolute Gasteiger partial charge is 0.460 e. The lowest BCUT2D eigenvalue weighted by Gasteiger charge is -2.38. The van der Waals surface area contributed by atoms with Gasteiger partial charge in [0.15, 0.2) is 0 Å².